The van der Waals surface area contributed by atoms with Gasteiger partial charge in [0.05, 0.1) is 16.5 Å². The van der Waals surface area contributed by atoms with Gasteiger partial charge in [0.15, 0.2) is 0 Å². The monoisotopic (exact) mass is 409 g/mol. The molecule has 6 heteroatoms. The van der Waals surface area contributed by atoms with Crippen LogP contribution in [0.15, 0.2) is 67.0 Å². The van der Waals surface area contributed by atoms with Crippen molar-refractivity contribution in [3.8, 4) is 5.69 Å². The van der Waals surface area contributed by atoms with E-state index in [1.165, 1.54) is 23.5 Å². The fraction of sp³-hybridized carbons (Fsp3) is 0.273. The first-order valence-corrected chi connectivity index (χ1v) is 11.5. The molecule has 0 atom stereocenters. The van der Waals surface area contributed by atoms with Gasteiger partial charge in [0, 0.05) is 30.9 Å². The lowest BCUT2D eigenvalue weighted by Crippen LogP contribution is -2.26. The van der Waals surface area contributed by atoms with E-state index >= 15 is 0 Å². The van der Waals surface area contributed by atoms with Crippen molar-refractivity contribution in [1.82, 2.24) is 14.7 Å². The predicted octanol–water partition coefficient (Wildman–Crippen LogP) is 5.01. The molecule has 0 spiro atoms. The van der Waals surface area contributed by atoms with E-state index in [4.69, 9.17) is 0 Å². The molecule has 1 fully saturated rings. The first-order valence-electron chi connectivity index (χ1n) is 9.38. The number of rotatable bonds is 5. The van der Waals surface area contributed by atoms with Crippen molar-refractivity contribution in [3.05, 3.63) is 83.7 Å². The van der Waals surface area contributed by atoms with Gasteiger partial charge in [-0.15, -0.1) is 23.5 Å². The van der Waals surface area contributed by atoms with E-state index in [1.54, 1.807) is 4.90 Å². The van der Waals surface area contributed by atoms with E-state index in [-0.39, 0.29) is 5.91 Å². The fourth-order valence-electron chi connectivity index (χ4n) is 3.19. The molecule has 144 valence electrons. The summed E-state index contributed by atoms with van der Waals surface area (Å²) in [5.41, 5.74) is 4.05. The standard InChI is InChI=1S/C22H23N3OS2/c1-24(15-17-14-23-25(16-17)20-6-3-2-4-7-20)21(26)18-8-10-19(11-9-18)22-27-12-5-13-28-22/h2-4,6-11,14,16,22H,5,12-13,15H2,1H3. The van der Waals surface area contributed by atoms with Crippen molar-refractivity contribution in [2.24, 2.45) is 0 Å². The molecular formula is C22H23N3OS2. The maximum atomic E-state index is 12.8. The van der Waals surface area contributed by atoms with E-state index in [1.807, 2.05) is 90.1 Å². The quantitative estimate of drug-likeness (QED) is 0.593. The van der Waals surface area contributed by atoms with Gasteiger partial charge in [-0.3, -0.25) is 4.79 Å². The topological polar surface area (TPSA) is 38.1 Å². The summed E-state index contributed by atoms with van der Waals surface area (Å²) in [4.78, 5) is 14.5. The normalized spacial score (nSPS) is 14.8. The largest absolute Gasteiger partial charge is 0.337 e. The summed E-state index contributed by atoms with van der Waals surface area (Å²) in [6, 6.07) is 18.1. The Kier molecular flexibility index (Phi) is 6.07. The van der Waals surface area contributed by atoms with E-state index in [0.717, 1.165) is 16.8 Å². The molecule has 28 heavy (non-hydrogen) atoms. The molecule has 1 saturated heterocycles. The van der Waals surface area contributed by atoms with Gasteiger partial charge in [-0.2, -0.15) is 5.10 Å². The van der Waals surface area contributed by atoms with Crippen LogP contribution in [-0.2, 0) is 6.54 Å². The molecule has 0 N–H and O–H groups in total. The second kappa shape index (κ2) is 8.88. The number of hydrogen-bond donors (Lipinski definition) is 0. The third-order valence-corrected chi connectivity index (χ3v) is 7.70. The van der Waals surface area contributed by atoms with Crippen molar-refractivity contribution >= 4 is 29.4 Å². The number of carbonyl (C=O) groups is 1. The van der Waals surface area contributed by atoms with Gasteiger partial charge in [-0.1, -0.05) is 30.3 Å². The zero-order chi connectivity index (χ0) is 19.3. The molecule has 0 aliphatic carbocycles. The lowest BCUT2D eigenvalue weighted by molar-refractivity contribution is 0.0785. The molecule has 0 radical (unpaired) electrons. The Morgan fingerprint density at radius 2 is 1.82 bits per heavy atom. The van der Waals surface area contributed by atoms with Crippen molar-refractivity contribution < 1.29 is 4.79 Å². The lowest BCUT2D eigenvalue weighted by atomic mass is 10.1. The van der Waals surface area contributed by atoms with Crippen LogP contribution in [0.2, 0.25) is 0 Å². The molecule has 1 amide bonds. The highest BCUT2D eigenvalue weighted by atomic mass is 32.2. The number of hydrogen-bond acceptors (Lipinski definition) is 4. The van der Waals surface area contributed by atoms with E-state index < -0.39 is 0 Å². The Bertz CT molecular complexity index is 918. The molecule has 2 aromatic carbocycles. The minimum absolute atomic E-state index is 0.0305. The third kappa shape index (κ3) is 4.45. The Morgan fingerprint density at radius 3 is 2.54 bits per heavy atom. The van der Waals surface area contributed by atoms with Crippen molar-refractivity contribution in [2.75, 3.05) is 18.6 Å². The van der Waals surface area contributed by atoms with Gasteiger partial charge >= 0.3 is 0 Å². The van der Waals surface area contributed by atoms with Crippen molar-refractivity contribution in [1.29, 1.82) is 0 Å². The van der Waals surface area contributed by atoms with E-state index in [9.17, 15) is 4.79 Å². The van der Waals surface area contributed by atoms with Gasteiger partial charge in [-0.05, 0) is 47.8 Å². The molecule has 0 bridgehead atoms. The first-order chi connectivity index (χ1) is 13.7. The van der Waals surface area contributed by atoms with E-state index in [2.05, 4.69) is 17.2 Å². The van der Waals surface area contributed by atoms with Crippen LogP contribution >= 0.6 is 23.5 Å². The van der Waals surface area contributed by atoms with Crippen LogP contribution in [0.25, 0.3) is 5.69 Å². The fourth-order valence-corrected chi connectivity index (χ4v) is 6.09. The average molecular weight is 410 g/mol. The minimum Gasteiger partial charge on any atom is -0.337 e. The van der Waals surface area contributed by atoms with Gasteiger partial charge in [-0.25, -0.2) is 4.68 Å². The molecule has 1 aliphatic heterocycles. The number of aromatic nitrogens is 2. The summed E-state index contributed by atoms with van der Waals surface area (Å²) < 4.78 is 2.33. The molecule has 0 saturated carbocycles. The molecule has 4 nitrogen and oxygen atoms in total. The zero-order valence-electron chi connectivity index (χ0n) is 15.8. The number of amides is 1. The third-order valence-electron chi connectivity index (χ3n) is 4.68. The smallest absolute Gasteiger partial charge is 0.253 e. The average Bonchev–Trinajstić information content (AvgIpc) is 3.23. The maximum Gasteiger partial charge on any atom is 0.253 e. The number of para-hydroxylation sites is 1. The van der Waals surface area contributed by atoms with Crippen LogP contribution in [-0.4, -0.2) is 39.1 Å². The van der Waals surface area contributed by atoms with Crippen LogP contribution in [0.1, 0.15) is 32.5 Å². The number of thioether (sulfide) groups is 2. The van der Waals surface area contributed by atoms with Crippen LogP contribution in [0, 0.1) is 0 Å². The lowest BCUT2D eigenvalue weighted by Gasteiger charge is -2.21. The Hall–Kier alpha value is -2.18. The van der Waals surface area contributed by atoms with Crippen LogP contribution in [0.3, 0.4) is 0 Å². The predicted molar refractivity (Wildman–Crippen MR) is 118 cm³/mol. The first kappa shape index (κ1) is 19.2. The minimum atomic E-state index is 0.0305. The maximum absolute atomic E-state index is 12.8. The summed E-state index contributed by atoms with van der Waals surface area (Å²) in [5, 5.41) is 4.41. The van der Waals surface area contributed by atoms with E-state index in [0.29, 0.717) is 11.1 Å². The highest BCUT2D eigenvalue weighted by Gasteiger charge is 2.18. The SMILES string of the molecule is CN(Cc1cnn(-c2ccccc2)c1)C(=O)c1ccc(C2SCCCS2)cc1. The molecule has 1 aromatic heterocycles. The molecule has 1 aliphatic rings. The molecule has 3 aromatic rings. The number of benzene rings is 2. The summed E-state index contributed by atoms with van der Waals surface area (Å²) in [6.45, 7) is 0.530. The molecule has 2 heterocycles. The van der Waals surface area contributed by atoms with Gasteiger partial charge in [0.25, 0.3) is 5.91 Å². The van der Waals surface area contributed by atoms with Crippen molar-refractivity contribution in [3.63, 3.8) is 0 Å². The molecule has 0 unspecified atom stereocenters. The highest BCUT2D eigenvalue weighted by molar-refractivity contribution is 8.16. The van der Waals surface area contributed by atoms with Gasteiger partial charge in [0.2, 0.25) is 0 Å². The van der Waals surface area contributed by atoms with Crippen molar-refractivity contribution in [2.45, 2.75) is 17.5 Å². The summed E-state index contributed by atoms with van der Waals surface area (Å²) in [7, 11) is 1.84. The Morgan fingerprint density at radius 1 is 1.11 bits per heavy atom. The second-order valence-corrected chi connectivity index (χ2v) is 9.56. The summed E-state index contributed by atoms with van der Waals surface area (Å²) in [6.07, 6.45) is 5.07. The molecule has 4 rings (SSSR count). The van der Waals surface area contributed by atoms with Gasteiger partial charge < -0.3 is 4.90 Å². The highest BCUT2D eigenvalue weighted by Crippen LogP contribution is 2.43. The number of nitrogens with zero attached hydrogens (tertiary/aromatic N) is 3. The number of carbonyl (C=O) groups excluding carboxylic acids is 1. The Balaban J connectivity index is 1.40. The second-order valence-electron chi connectivity index (χ2n) is 6.84. The zero-order valence-corrected chi connectivity index (χ0v) is 17.5. The van der Waals surface area contributed by atoms with Crippen LogP contribution in [0.4, 0.5) is 0 Å². The summed E-state index contributed by atoms with van der Waals surface area (Å²) in [5.74, 6) is 2.47. The molecular weight excluding hydrogens is 386 g/mol. The summed E-state index contributed by atoms with van der Waals surface area (Å²) >= 11 is 3.99. The van der Waals surface area contributed by atoms with Crippen LogP contribution < -0.4 is 0 Å². The Labute approximate surface area is 174 Å². The van der Waals surface area contributed by atoms with Crippen LogP contribution in [0.5, 0.6) is 0 Å². The van der Waals surface area contributed by atoms with Gasteiger partial charge in [0.1, 0.15) is 0 Å².